The van der Waals surface area contributed by atoms with Crippen molar-refractivity contribution in [1.82, 2.24) is 25.2 Å². The average Bonchev–Trinajstić information content (AvgIpc) is 3.74. The molecule has 0 bridgehead atoms. The smallest absolute Gasteiger partial charge is 0.321 e. The van der Waals surface area contributed by atoms with Crippen LogP contribution in [0, 0.1) is 24.2 Å². The van der Waals surface area contributed by atoms with E-state index in [4.69, 9.17) is 24.5 Å². The fourth-order valence-electron chi connectivity index (χ4n) is 5.94. The van der Waals surface area contributed by atoms with E-state index in [9.17, 15) is 13.8 Å². The highest BCUT2D eigenvalue weighted by molar-refractivity contribution is 7.81. The first kappa shape index (κ1) is 68.0. The Morgan fingerprint density at radius 2 is 1.73 bits per heavy atom. The van der Waals surface area contributed by atoms with Crippen molar-refractivity contribution in [2.45, 2.75) is 125 Å². The molecular formula is C51H90N6O8S. The van der Waals surface area contributed by atoms with Crippen LogP contribution in [0.15, 0.2) is 83.3 Å². The van der Waals surface area contributed by atoms with Crippen molar-refractivity contribution in [3.05, 3.63) is 83.9 Å². The zero-order valence-corrected chi connectivity index (χ0v) is 43.9. The van der Waals surface area contributed by atoms with Crippen LogP contribution >= 0.6 is 0 Å². The summed E-state index contributed by atoms with van der Waals surface area (Å²) in [6.45, 7) is 23.3. The number of aliphatic hydroxyl groups is 1. The summed E-state index contributed by atoms with van der Waals surface area (Å²) in [5, 5.41) is 26.0. The summed E-state index contributed by atoms with van der Waals surface area (Å²) in [5.41, 5.74) is 1.92. The summed E-state index contributed by atoms with van der Waals surface area (Å²) in [6, 6.07) is 10.0. The Labute approximate surface area is 403 Å². The fourth-order valence-corrected chi connectivity index (χ4v) is 6.30. The topological polar surface area (TPSA) is 182 Å². The number of amides is 2. The van der Waals surface area contributed by atoms with Gasteiger partial charge in [0, 0.05) is 56.4 Å². The molecule has 378 valence electrons. The van der Waals surface area contributed by atoms with Crippen LogP contribution in [0.1, 0.15) is 113 Å². The number of ether oxygens (including phenoxy) is 2. The Bertz CT molecular complexity index is 1580. The van der Waals surface area contributed by atoms with Crippen molar-refractivity contribution in [2.24, 2.45) is 16.3 Å². The van der Waals surface area contributed by atoms with Crippen LogP contribution in [0.4, 0.5) is 4.79 Å². The van der Waals surface area contributed by atoms with Gasteiger partial charge in [0.05, 0.1) is 44.2 Å². The number of likely N-dealkylation sites (N-methyl/N-ethyl adjacent to an activating group) is 2. The summed E-state index contributed by atoms with van der Waals surface area (Å²) in [6.07, 6.45) is 29.6. The number of carboxylic acid groups (broad SMARTS) is 1. The standard InChI is InChI=1S/C17H19NO2.C12H23NO2.C11H25N3O2S.C6H13NO.C2H6.C2H2.CH2O/c1-19-15-9-6-10-16(20-2)13-17(18-12-11-15)14-7-4-3-5-8-14;1-4-5-6-7-8-9-10(2)11(13-3)12(14)15;1-7-12-10(15)13-9(11(2,3)4)8-14(5)17(6)16;1-6-3-2-4-7(6)5-8;3*1-2/h3-9,11,13H,10,12H2,1-2H3;8-11,13H,4-7H2,1-3H3,(H,14,15);9H,7-8H2,1-6H3,(H2,12,13,15);6,8H,2-5H2,1H3;1-2H3;1-2H;1H2/b9-6-,15-11+,16-13+,18-17?;9-8-;;;;;/t;;9-,17?;6-;;;/m..11.../s1. The molecule has 2 heterocycles. The first-order valence-electron chi connectivity index (χ1n) is 22.9. The molecule has 2 amide bonds. The Morgan fingerprint density at radius 3 is 2.17 bits per heavy atom. The van der Waals surface area contributed by atoms with Gasteiger partial charge in [0.1, 0.15) is 24.3 Å². The predicted octanol–water partition coefficient (Wildman–Crippen LogP) is 8.38. The highest BCUT2D eigenvalue weighted by Gasteiger charge is 2.28. The lowest BCUT2D eigenvalue weighted by Crippen LogP contribution is -2.52. The molecule has 5 N–H and O–H groups in total. The molecule has 1 fully saturated rings. The third kappa shape index (κ3) is 33.8. The van der Waals surface area contributed by atoms with Crippen molar-refractivity contribution in [3.63, 3.8) is 0 Å². The number of allylic oxidation sites excluding steroid dienone is 4. The number of hydrogen-bond acceptors (Lipinski definition) is 10. The van der Waals surface area contributed by atoms with Crippen molar-refractivity contribution < 1.29 is 38.3 Å². The summed E-state index contributed by atoms with van der Waals surface area (Å²) in [7, 11) is 5.79. The molecule has 0 saturated carbocycles. The molecule has 14 nitrogen and oxygen atoms in total. The molecule has 66 heavy (non-hydrogen) atoms. The lowest BCUT2D eigenvalue weighted by Gasteiger charge is -2.33. The van der Waals surface area contributed by atoms with E-state index in [0.717, 1.165) is 35.8 Å². The monoisotopic (exact) mass is 947 g/mol. The Hall–Kier alpha value is -4.59. The maximum atomic E-state index is 11.5. The first-order valence-corrected chi connectivity index (χ1v) is 24.4. The van der Waals surface area contributed by atoms with Gasteiger partial charge in [-0.05, 0) is 76.8 Å². The molecule has 0 radical (unpaired) electrons. The highest BCUT2D eigenvalue weighted by Crippen LogP contribution is 2.20. The number of methoxy groups -OCH3 is 2. The number of unbranched alkanes of at least 4 members (excludes halogenated alkanes) is 3. The SMILES string of the molecule is C#C.C=O.CC.CCCCC/C=C\C(C)C(NC)C(=O)O.CCNC(=O)N[C@H](CN(C)S(C)=O)C(C)(C)C.COC1=C/CN=C(c2ccccc2)/C=C(/OC)C/C=C\1.C[C@@H]1CCCN1CO. The van der Waals surface area contributed by atoms with E-state index in [0.29, 0.717) is 32.1 Å². The molecule has 3 unspecified atom stereocenters. The van der Waals surface area contributed by atoms with Crippen molar-refractivity contribution in [2.75, 3.05) is 67.5 Å². The van der Waals surface area contributed by atoms with Crippen LogP contribution < -0.4 is 16.0 Å². The van der Waals surface area contributed by atoms with Gasteiger partial charge in [0.15, 0.2) is 0 Å². The minimum Gasteiger partial charge on any atom is -0.501 e. The van der Waals surface area contributed by atoms with Crippen LogP contribution in [0.2, 0.25) is 0 Å². The molecule has 1 aromatic rings. The molecule has 0 spiro atoms. The first-order chi connectivity index (χ1) is 31.5. The number of likely N-dealkylation sites (tertiary alicyclic amines) is 1. The lowest BCUT2D eigenvalue weighted by molar-refractivity contribution is -0.140. The number of rotatable bonds is 17. The van der Waals surface area contributed by atoms with E-state index in [2.05, 4.69) is 79.4 Å². The molecule has 2 aliphatic heterocycles. The number of carboxylic acids is 1. The van der Waals surface area contributed by atoms with Gasteiger partial charge in [0.2, 0.25) is 0 Å². The van der Waals surface area contributed by atoms with Gasteiger partial charge in [0.25, 0.3) is 0 Å². The van der Waals surface area contributed by atoms with Crippen LogP contribution in [0.5, 0.6) is 0 Å². The Kier molecular flexibility index (Phi) is 45.6. The zero-order chi connectivity index (χ0) is 51.5. The lowest BCUT2D eigenvalue weighted by atomic mass is 9.87. The van der Waals surface area contributed by atoms with Gasteiger partial charge in [-0.3, -0.25) is 14.7 Å². The quantitative estimate of drug-likeness (QED) is 0.0578. The summed E-state index contributed by atoms with van der Waals surface area (Å²) in [5.74, 6) is 0.942. The number of hydrogen-bond donors (Lipinski definition) is 5. The molecule has 1 saturated heterocycles. The second-order valence-corrected chi connectivity index (χ2v) is 17.3. The molecule has 3 rings (SSSR count). The number of benzene rings is 1. The number of carbonyl (C=O) groups excluding carboxylic acids is 2. The minimum atomic E-state index is -1.02. The third-order valence-electron chi connectivity index (χ3n) is 9.98. The maximum Gasteiger partial charge on any atom is 0.321 e. The summed E-state index contributed by atoms with van der Waals surface area (Å²) < 4.78 is 23.7. The molecule has 5 atom stereocenters. The van der Waals surface area contributed by atoms with E-state index in [-0.39, 0.29) is 30.1 Å². The van der Waals surface area contributed by atoms with Gasteiger partial charge in [-0.15, -0.1) is 12.8 Å². The number of aliphatic hydroxyl groups excluding tert-OH is 1. The number of nitrogens with zero attached hydrogens (tertiary/aromatic N) is 3. The zero-order valence-electron chi connectivity index (χ0n) is 43.1. The average molecular weight is 947 g/mol. The number of nitrogens with one attached hydrogen (secondary N) is 3. The van der Waals surface area contributed by atoms with Gasteiger partial charge in [-0.1, -0.05) is 110 Å². The van der Waals surface area contributed by atoms with Crippen LogP contribution in [0.25, 0.3) is 0 Å². The molecule has 0 aliphatic carbocycles. The van der Waals surface area contributed by atoms with Gasteiger partial charge in [-0.25, -0.2) is 13.3 Å². The molecule has 0 aromatic heterocycles. The molecular weight excluding hydrogens is 857 g/mol. The number of aliphatic carboxylic acids is 1. The highest BCUT2D eigenvalue weighted by atomic mass is 32.2. The summed E-state index contributed by atoms with van der Waals surface area (Å²) >= 11 is 0. The number of carbonyl (C=O) groups is 3. The van der Waals surface area contributed by atoms with Gasteiger partial charge in [-0.2, -0.15) is 0 Å². The second-order valence-electron chi connectivity index (χ2n) is 15.8. The molecule has 15 heteroatoms. The van der Waals surface area contributed by atoms with Gasteiger partial charge < -0.3 is 40.4 Å². The number of aliphatic imine (C=N–C) groups is 1. The minimum absolute atomic E-state index is 0.0362. The molecule has 2 aliphatic rings. The fraction of sp³-hybridized carbons (Fsp3) is 0.608. The second kappa shape index (κ2) is 44.3. The van der Waals surface area contributed by atoms with E-state index in [1.807, 2.05) is 95.2 Å². The third-order valence-corrected chi connectivity index (χ3v) is 11.0. The van der Waals surface area contributed by atoms with E-state index in [1.165, 1.54) is 32.1 Å². The van der Waals surface area contributed by atoms with Gasteiger partial charge >= 0.3 is 12.0 Å². The summed E-state index contributed by atoms with van der Waals surface area (Å²) in [4.78, 5) is 37.1. The van der Waals surface area contributed by atoms with Crippen LogP contribution in [-0.2, 0) is 30.0 Å². The Balaban J connectivity index is -0.000000385. The maximum absolute atomic E-state index is 11.5. The largest absolute Gasteiger partial charge is 0.501 e. The van der Waals surface area contributed by atoms with E-state index < -0.39 is 23.0 Å². The number of terminal acetylenes is 1. The van der Waals surface area contributed by atoms with E-state index >= 15 is 0 Å². The van der Waals surface area contributed by atoms with Crippen molar-refractivity contribution >= 4 is 35.5 Å². The van der Waals surface area contributed by atoms with Crippen LogP contribution in [-0.4, -0.2) is 134 Å². The van der Waals surface area contributed by atoms with E-state index in [1.54, 1.807) is 38.9 Å². The number of urea groups is 1. The van der Waals surface area contributed by atoms with Crippen LogP contribution in [0.3, 0.4) is 0 Å². The van der Waals surface area contributed by atoms with Crippen molar-refractivity contribution in [3.8, 4) is 12.8 Å². The molecule has 1 aromatic carbocycles. The Morgan fingerprint density at radius 1 is 1.11 bits per heavy atom. The predicted molar refractivity (Wildman–Crippen MR) is 278 cm³/mol. The normalized spacial score (nSPS) is 18.3. The van der Waals surface area contributed by atoms with Crippen molar-refractivity contribution in [1.29, 1.82) is 0 Å².